The van der Waals surface area contributed by atoms with Crippen molar-refractivity contribution >= 4 is 42.1 Å². The zero-order chi connectivity index (χ0) is 17.8. The summed E-state index contributed by atoms with van der Waals surface area (Å²) in [5.41, 5.74) is 1.82. The lowest BCUT2D eigenvalue weighted by Gasteiger charge is -2.31. The van der Waals surface area contributed by atoms with Crippen molar-refractivity contribution in [1.82, 2.24) is 15.2 Å². The second-order valence-corrected chi connectivity index (χ2v) is 7.29. The molecule has 0 radical (unpaired) electrons. The Hall–Kier alpha value is -1.34. The molecule has 1 aliphatic heterocycles. The standard InChI is InChI=1S/C19H25N3O2S.2ClH/c1-4-24-16-7-5-14(6-8-16)18-21-13(2)17(25-18)19(23)22(3)15-9-11-20-12-10-15;;/h5-8,15,20H,4,9-12H2,1-3H3;2*1H. The molecule has 2 heterocycles. The summed E-state index contributed by atoms with van der Waals surface area (Å²) in [5.74, 6) is 0.931. The fourth-order valence-electron chi connectivity index (χ4n) is 3.10. The molecule has 3 rings (SSSR count). The van der Waals surface area contributed by atoms with Crippen LogP contribution in [0.15, 0.2) is 24.3 Å². The van der Waals surface area contributed by atoms with E-state index in [0.29, 0.717) is 12.6 Å². The number of halogens is 2. The number of nitrogens with one attached hydrogen (secondary N) is 1. The fourth-order valence-corrected chi connectivity index (χ4v) is 4.15. The van der Waals surface area contributed by atoms with Gasteiger partial charge in [0, 0.05) is 18.7 Å². The molecular formula is C19H27Cl2N3O2S. The number of amides is 1. The molecule has 0 atom stereocenters. The molecule has 150 valence electrons. The molecule has 5 nitrogen and oxygen atoms in total. The zero-order valence-corrected chi connectivity index (χ0v) is 18.3. The molecule has 0 unspecified atom stereocenters. The van der Waals surface area contributed by atoms with E-state index in [-0.39, 0.29) is 30.7 Å². The molecule has 27 heavy (non-hydrogen) atoms. The third kappa shape index (κ3) is 5.57. The third-order valence-electron chi connectivity index (χ3n) is 4.58. The number of hydrogen-bond acceptors (Lipinski definition) is 5. The van der Waals surface area contributed by atoms with E-state index in [2.05, 4.69) is 10.3 Å². The van der Waals surface area contributed by atoms with E-state index < -0.39 is 0 Å². The van der Waals surface area contributed by atoms with Gasteiger partial charge in [-0.1, -0.05) is 0 Å². The molecule has 1 amide bonds. The Morgan fingerprint density at radius 3 is 2.48 bits per heavy atom. The van der Waals surface area contributed by atoms with Crippen LogP contribution in [0.1, 0.15) is 35.1 Å². The van der Waals surface area contributed by atoms with Gasteiger partial charge in [0.2, 0.25) is 0 Å². The van der Waals surface area contributed by atoms with Crippen molar-refractivity contribution in [3.63, 3.8) is 0 Å². The Kier molecular flexibility index (Phi) is 9.53. The Balaban J connectivity index is 0.00000182. The molecule has 1 saturated heterocycles. The maximum absolute atomic E-state index is 12.9. The van der Waals surface area contributed by atoms with Crippen LogP contribution >= 0.6 is 36.2 Å². The number of rotatable bonds is 5. The van der Waals surface area contributed by atoms with Gasteiger partial charge < -0.3 is 15.0 Å². The van der Waals surface area contributed by atoms with E-state index in [4.69, 9.17) is 4.74 Å². The molecular weight excluding hydrogens is 405 g/mol. The number of thiazole rings is 1. The summed E-state index contributed by atoms with van der Waals surface area (Å²) < 4.78 is 5.48. The number of piperidine rings is 1. The average molecular weight is 432 g/mol. The second kappa shape index (κ2) is 10.9. The van der Waals surface area contributed by atoms with Crippen molar-refractivity contribution in [2.24, 2.45) is 0 Å². The van der Waals surface area contributed by atoms with E-state index in [1.807, 2.05) is 50.1 Å². The molecule has 8 heteroatoms. The van der Waals surface area contributed by atoms with Gasteiger partial charge in [0.05, 0.1) is 12.3 Å². The smallest absolute Gasteiger partial charge is 0.265 e. The first-order valence-electron chi connectivity index (χ1n) is 8.78. The Bertz CT molecular complexity index is 731. The SMILES string of the molecule is CCOc1ccc(-c2nc(C)c(C(=O)N(C)C3CCNCC3)s2)cc1.Cl.Cl. The van der Waals surface area contributed by atoms with Crippen LogP contribution in [0.5, 0.6) is 5.75 Å². The van der Waals surface area contributed by atoms with Gasteiger partial charge in [-0.05, 0) is 64.0 Å². The van der Waals surface area contributed by atoms with Gasteiger partial charge in [0.1, 0.15) is 15.6 Å². The second-order valence-electron chi connectivity index (χ2n) is 6.29. The van der Waals surface area contributed by atoms with Crippen LogP contribution in [0.2, 0.25) is 0 Å². The molecule has 0 spiro atoms. The van der Waals surface area contributed by atoms with Crippen molar-refractivity contribution in [3.8, 4) is 16.3 Å². The first-order valence-corrected chi connectivity index (χ1v) is 9.60. The number of nitrogens with zero attached hydrogens (tertiary/aromatic N) is 2. The van der Waals surface area contributed by atoms with Gasteiger partial charge >= 0.3 is 0 Å². The maximum atomic E-state index is 12.9. The van der Waals surface area contributed by atoms with Crippen LogP contribution < -0.4 is 10.1 Å². The minimum absolute atomic E-state index is 0. The molecule has 0 saturated carbocycles. The third-order valence-corrected chi connectivity index (χ3v) is 5.77. The van der Waals surface area contributed by atoms with Gasteiger partial charge in [0.25, 0.3) is 5.91 Å². The minimum atomic E-state index is 0. The molecule has 2 aromatic rings. The highest BCUT2D eigenvalue weighted by molar-refractivity contribution is 7.17. The lowest BCUT2D eigenvalue weighted by atomic mass is 10.1. The number of carbonyl (C=O) groups is 1. The summed E-state index contributed by atoms with van der Waals surface area (Å²) in [7, 11) is 1.91. The molecule has 1 aromatic heterocycles. The highest BCUT2D eigenvalue weighted by Gasteiger charge is 2.26. The van der Waals surface area contributed by atoms with E-state index in [1.165, 1.54) is 11.3 Å². The number of carbonyl (C=O) groups excluding carboxylic acids is 1. The quantitative estimate of drug-likeness (QED) is 0.770. The predicted octanol–water partition coefficient (Wildman–Crippen LogP) is 4.18. The van der Waals surface area contributed by atoms with Crippen molar-refractivity contribution in [2.75, 3.05) is 26.7 Å². The summed E-state index contributed by atoms with van der Waals surface area (Å²) in [5, 5.41) is 4.22. The fraction of sp³-hybridized carbons (Fsp3) is 0.474. The zero-order valence-electron chi connectivity index (χ0n) is 15.9. The first kappa shape index (κ1) is 23.7. The normalized spacial score (nSPS) is 14.0. The van der Waals surface area contributed by atoms with E-state index >= 15 is 0 Å². The molecule has 0 bridgehead atoms. The van der Waals surface area contributed by atoms with Gasteiger partial charge in [-0.15, -0.1) is 36.2 Å². The van der Waals surface area contributed by atoms with E-state index in [9.17, 15) is 4.79 Å². The Morgan fingerprint density at radius 1 is 1.26 bits per heavy atom. The van der Waals surface area contributed by atoms with Gasteiger partial charge in [-0.25, -0.2) is 4.98 Å². The molecule has 1 fully saturated rings. The summed E-state index contributed by atoms with van der Waals surface area (Å²) in [6.07, 6.45) is 2.01. The van der Waals surface area contributed by atoms with Crippen LogP contribution in [-0.4, -0.2) is 48.6 Å². The minimum Gasteiger partial charge on any atom is -0.494 e. The number of aryl methyl sites for hydroxylation is 1. The van der Waals surface area contributed by atoms with Crippen LogP contribution in [0.3, 0.4) is 0 Å². The van der Waals surface area contributed by atoms with Crippen LogP contribution in [0.25, 0.3) is 10.6 Å². The van der Waals surface area contributed by atoms with Gasteiger partial charge in [-0.3, -0.25) is 4.79 Å². The molecule has 1 aliphatic rings. The Morgan fingerprint density at radius 2 is 1.89 bits per heavy atom. The lowest BCUT2D eigenvalue weighted by Crippen LogP contribution is -2.43. The van der Waals surface area contributed by atoms with E-state index in [0.717, 1.165) is 52.8 Å². The largest absolute Gasteiger partial charge is 0.494 e. The van der Waals surface area contributed by atoms with Crippen LogP contribution in [-0.2, 0) is 0 Å². The van der Waals surface area contributed by atoms with Crippen molar-refractivity contribution in [1.29, 1.82) is 0 Å². The summed E-state index contributed by atoms with van der Waals surface area (Å²) >= 11 is 1.47. The maximum Gasteiger partial charge on any atom is 0.265 e. The van der Waals surface area contributed by atoms with Crippen molar-refractivity contribution in [3.05, 3.63) is 34.8 Å². The molecule has 1 aromatic carbocycles. The van der Waals surface area contributed by atoms with E-state index in [1.54, 1.807) is 0 Å². The summed E-state index contributed by atoms with van der Waals surface area (Å²) in [6, 6.07) is 8.18. The highest BCUT2D eigenvalue weighted by atomic mass is 35.5. The number of benzene rings is 1. The Labute approximate surface area is 177 Å². The summed E-state index contributed by atoms with van der Waals surface area (Å²) in [4.78, 5) is 20.2. The molecule has 1 N–H and O–H groups in total. The molecule has 0 aliphatic carbocycles. The average Bonchev–Trinajstić information content (AvgIpc) is 3.04. The first-order chi connectivity index (χ1) is 12.1. The number of ether oxygens (including phenoxy) is 1. The van der Waals surface area contributed by atoms with Gasteiger partial charge in [0.15, 0.2) is 0 Å². The lowest BCUT2D eigenvalue weighted by molar-refractivity contribution is 0.0707. The summed E-state index contributed by atoms with van der Waals surface area (Å²) in [6.45, 7) is 6.48. The van der Waals surface area contributed by atoms with Crippen LogP contribution in [0, 0.1) is 6.92 Å². The predicted molar refractivity (Wildman–Crippen MR) is 116 cm³/mol. The van der Waals surface area contributed by atoms with Crippen LogP contribution in [0.4, 0.5) is 0 Å². The number of aromatic nitrogens is 1. The van der Waals surface area contributed by atoms with Crippen molar-refractivity contribution < 1.29 is 9.53 Å². The van der Waals surface area contributed by atoms with Gasteiger partial charge in [-0.2, -0.15) is 0 Å². The number of hydrogen-bond donors (Lipinski definition) is 1. The monoisotopic (exact) mass is 431 g/mol. The topological polar surface area (TPSA) is 54.5 Å². The highest BCUT2D eigenvalue weighted by Crippen LogP contribution is 2.30. The van der Waals surface area contributed by atoms with Crippen molar-refractivity contribution in [2.45, 2.75) is 32.7 Å².